The summed E-state index contributed by atoms with van der Waals surface area (Å²) in [5, 5.41) is 0. The molecule has 0 fully saturated rings. The molecule has 0 saturated heterocycles. The van der Waals surface area contributed by atoms with Gasteiger partial charge in [0.25, 0.3) is 0 Å². The number of amidine groups is 1. The monoisotopic (exact) mass is 638 g/mol. The van der Waals surface area contributed by atoms with E-state index in [1.54, 1.807) is 36.4 Å². The van der Waals surface area contributed by atoms with Crippen LogP contribution in [0.15, 0.2) is 107 Å². The molecule has 0 amide bonds. The molecule has 34 heavy (non-hydrogen) atoms. The summed E-state index contributed by atoms with van der Waals surface area (Å²) in [6.07, 6.45) is 10.8. The van der Waals surface area contributed by atoms with Gasteiger partial charge in [0.15, 0.2) is 0 Å². The summed E-state index contributed by atoms with van der Waals surface area (Å²) in [4.78, 5) is 9.46. The molecule has 2 heterocycles. The van der Waals surface area contributed by atoms with Crippen LogP contribution >= 0.6 is 0 Å². The van der Waals surface area contributed by atoms with Crippen LogP contribution < -0.4 is 3.12 Å². The van der Waals surface area contributed by atoms with Gasteiger partial charge in [-0.1, -0.05) is 0 Å². The zero-order valence-corrected chi connectivity index (χ0v) is 21.7. The summed E-state index contributed by atoms with van der Waals surface area (Å²) < 4.78 is 30.5. The molecule has 3 aromatic rings. The van der Waals surface area contributed by atoms with Crippen LogP contribution in [0.5, 0.6) is 0 Å². The molecule has 0 atom stereocenters. The predicted molar refractivity (Wildman–Crippen MR) is 135 cm³/mol. The Bertz CT molecular complexity index is 1460. The van der Waals surface area contributed by atoms with Gasteiger partial charge in [-0.15, -0.1) is 0 Å². The van der Waals surface area contributed by atoms with Gasteiger partial charge in [-0.2, -0.15) is 0 Å². The van der Waals surface area contributed by atoms with Gasteiger partial charge in [0, 0.05) is 0 Å². The first-order valence-electron chi connectivity index (χ1n) is 10.5. The van der Waals surface area contributed by atoms with E-state index < -0.39 is 7.40 Å². The molecule has 3 radical (unpaired) electrons. The Morgan fingerprint density at radius 1 is 1.03 bits per heavy atom. The van der Waals surface area contributed by atoms with Crippen molar-refractivity contribution in [3.8, 4) is 0 Å². The fraction of sp³-hybridized carbons (Fsp3) is 0. The van der Waals surface area contributed by atoms with E-state index in [2.05, 4.69) is 17.9 Å². The molecule has 2 aromatic carbocycles. The van der Waals surface area contributed by atoms with E-state index in [4.69, 9.17) is 9.98 Å². The normalized spacial score (nSPS) is 15.6. The van der Waals surface area contributed by atoms with Crippen molar-refractivity contribution >= 4 is 64.8 Å². The van der Waals surface area contributed by atoms with Gasteiger partial charge in [0.05, 0.1) is 0 Å². The Labute approximate surface area is 212 Å². The van der Waals surface area contributed by atoms with Gasteiger partial charge >= 0.3 is 214 Å². The third-order valence-electron chi connectivity index (χ3n) is 5.32. The van der Waals surface area contributed by atoms with Gasteiger partial charge < -0.3 is 0 Å². The Hall–Kier alpha value is -3.53. The van der Waals surface area contributed by atoms with E-state index >= 15 is 0 Å². The molecule has 1 aliphatic carbocycles. The van der Waals surface area contributed by atoms with E-state index in [0.29, 0.717) is 48.6 Å². The number of benzene rings is 1. The maximum atomic E-state index is 14.4. The van der Waals surface area contributed by atoms with Gasteiger partial charge in [0.1, 0.15) is 0 Å². The van der Waals surface area contributed by atoms with Crippen LogP contribution in [0, 0.1) is 12.1 Å². The van der Waals surface area contributed by atoms with Crippen molar-refractivity contribution in [2.45, 2.75) is 0 Å². The summed E-state index contributed by atoms with van der Waals surface area (Å²) in [7, 11) is -2.75. The van der Waals surface area contributed by atoms with Gasteiger partial charge in [-0.3, -0.25) is 0 Å². The Kier molecular flexibility index (Phi) is 6.39. The number of rotatable bonds is 5. The van der Waals surface area contributed by atoms with E-state index in [0.717, 1.165) is 24.3 Å². The average Bonchev–Trinajstić information content (AvgIpc) is 3.30. The van der Waals surface area contributed by atoms with Crippen molar-refractivity contribution in [2.75, 3.05) is 0 Å². The molecular formula is C27H15BF2N3Pb. The van der Waals surface area contributed by atoms with E-state index in [1.165, 1.54) is 0 Å². The minimum atomic E-state index is -2.75. The number of nitrogens with zero attached hydrogens (tertiary/aromatic N) is 3. The van der Waals surface area contributed by atoms with Crippen molar-refractivity contribution in [1.82, 2.24) is 4.48 Å². The average molecular weight is 637 g/mol. The Morgan fingerprint density at radius 2 is 1.88 bits per heavy atom. The van der Waals surface area contributed by atoms with Crippen molar-refractivity contribution in [2.24, 2.45) is 9.98 Å². The van der Waals surface area contributed by atoms with E-state index in [-0.39, 0.29) is 5.82 Å². The van der Waals surface area contributed by atoms with Crippen molar-refractivity contribution < 1.29 is 8.63 Å². The molecule has 3 nitrogen and oxygen atoms in total. The number of allylic oxidation sites excluding steroid dienone is 6. The Balaban J connectivity index is 1.68. The molecular weight excluding hydrogens is 622 g/mol. The van der Waals surface area contributed by atoms with Gasteiger partial charge in [-0.05, 0) is 0 Å². The Morgan fingerprint density at radius 3 is 2.65 bits per heavy atom. The molecule has 1 aromatic heterocycles. The van der Waals surface area contributed by atoms with Crippen LogP contribution in [-0.4, -0.2) is 49.2 Å². The van der Waals surface area contributed by atoms with Crippen molar-refractivity contribution in [3.05, 3.63) is 126 Å². The zero-order valence-electron chi connectivity index (χ0n) is 17.8. The van der Waals surface area contributed by atoms with Crippen LogP contribution in [0.3, 0.4) is 0 Å². The number of hydrogen-bond acceptors (Lipinski definition) is 1. The van der Waals surface area contributed by atoms with Crippen LogP contribution in [-0.2, 0) is 0 Å². The van der Waals surface area contributed by atoms with Crippen molar-refractivity contribution in [1.29, 1.82) is 0 Å². The third-order valence-corrected chi connectivity index (χ3v) is 6.75. The van der Waals surface area contributed by atoms with Crippen LogP contribution in [0.2, 0.25) is 0 Å². The van der Waals surface area contributed by atoms with Crippen LogP contribution in [0.4, 0.5) is 14.4 Å². The molecule has 0 saturated carbocycles. The second-order valence-corrected chi connectivity index (χ2v) is 9.57. The van der Waals surface area contributed by atoms with E-state index in [9.17, 15) is 8.63 Å². The molecule has 0 bridgehead atoms. The minimum absolute atomic E-state index is 0.234. The summed E-state index contributed by atoms with van der Waals surface area (Å²) in [6.45, 7) is 0. The topological polar surface area (TPSA) is 29.6 Å². The molecule has 159 valence electrons. The molecule has 0 unspecified atom stereocenters. The van der Waals surface area contributed by atoms with Crippen LogP contribution in [0.1, 0.15) is 16.8 Å². The number of hydrogen-bond donors (Lipinski definition) is 0. The fourth-order valence-corrected chi connectivity index (χ4v) is 4.96. The number of halogens is 2. The maximum absolute atomic E-state index is 14.4. The SMILES string of the molecule is FB(F)n1c(C2=CC=CC=C=C2)c[c]([Pb])c1/N=C1\N=C(c2cc#ccc2)C=C1c1ccccc1. The first-order chi connectivity index (χ1) is 16.6. The molecule has 7 heteroatoms. The van der Waals surface area contributed by atoms with Gasteiger partial charge in [0.2, 0.25) is 0 Å². The van der Waals surface area contributed by atoms with Gasteiger partial charge in [-0.25, -0.2) is 0 Å². The summed E-state index contributed by atoms with van der Waals surface area (Å²) >= 11 is 0.550. The number of aliphatic imine (C=N–C) groups is 2. The van der Waals surface area contributed by atoms with Crippen molar-refractivity contribution in [3.63, 3.8) is 0 Å². The molecule has 0 N–H and O–H groups in total. The molecule has 0 spiro atoms. The standard InChI is InChI=1S/C27H15BF2N3.Pb/c29-28(30)33-25(22-15-5-1-2-6-16-22)17-18-26(33)32-27-23(20-11-7-3-8-12-20)19-24(31-27)21-13-9-4-10-14-21;/h1-3,5,7-9,11-17,19H;/b32-27-;. The first kappa shape index (κ1) is 22.3. The summed E-state index contributed by atoms with van der Waals surface area (Å²) in [6, 6.07) is 22.8. The first-order valence-corrected chi connectivity index (χ1v) is 12.4. The molecule has 1 aliphatic heterocycles. The fourth-order valence-electron chi connectivity index (χ4n) is 3.74. The summed E-state index contributed by atoms with van der Waals surface area (Å²) in [5.41, 5.74) is 7.32. The quantitative estimate of drug-likeness (QED) is 0.281. The summed E-state index contributed by atoms with van der Waals surface area (Å²) in [5.74, 6) is 0.640. The predicted octanol–water partition coefficient (Wildman–Crippen LogP) is 4.94. The number of aromatic nitrogens is 1. The molecule has 5 rings (SSSR count). The zero-order chi connectivity index (χ0) is 23.5. The second-order valence-electron chi connectivity index (χ2n) is 7.48. The molecule has 2 aliphatic rings. The van der Waals surface area contributed by atoms with Crippen LogP contribution in [0.25, 0.3) is 11.1 Å². The van der Waals surface area contributed by atoms with E-state index in [1.807, 2.05) is 54.6 Å². The second kappa shape index (κ2) is 9.76. The third kappa shape index (κ3) is 4.45.